The molecule has 1 aliphatic heterocycles. The van der Waals surface area contributed by atoms with E-state index in [1.807, 2.05) is 30.3 Å². The maximum Gasteiger partial charge on any atom is 0.164 e. The summed E-state index contributed by atoms with van der Waals surface area (Å²) in [6, 6.07) is 56.2. The van der Waals surface area contributed by atoms with Crippen LogP contribution in [0.1, 0.15) is 25.0 Å². The zero-order valence-corrected chi connectivity index (χ0v) is 31.2. The van der Waals surface area contributed by atoms with Gasteiger partial charge in [0.1, 0.15) is 11.2 Å². The van der Waals surface area contributed by atoms with Gasteiger partial charge in [0.2, 0.25) is 0 Å². The molecular formula is C52H32N4O. The number of benzene rings is 8. The molecule has 0 atom stereocenters. The summed E-state index contributed by atoms with van der Waals surface area (Å²) < 4.78 is 8.82. The average Bonchev–Trinajstić information content (AvgIpc) is 3.85. The Morgan fingerprint density at radius 2 is 1.14 bits per heavy atom. The van der Waals surface area contributed by atoms with Gasteiger partial charge in [-0.25, -0.2) is 15.0 Å². The van der Waals surface area contributed by atoms with E-state index in [0.717, 1.165) is 54.9 Å². The molecule has 0 N–H and O–H groups in total. The number of para-hydroxylation sites is 2. The van der Waals surface area contributed by atoms with Gasteiger partial charge in [-0.05, 0) is 69.4 Å². The van der Waals surface area contributed by atoms with Crippen LogP contribution in [-0.2, 0) is 5.41 Å². The van der Waals surface area contributed by atoms with Crippen molar-refractivity contribution in [3.63, 3.8) is 0 Å². The molecule has 0 radical (unpaired) electrons. The average molecular weight is 729 g/mol. The van der Waals surface area contributed by atoms with Crippen molar-refractivity contribution in [3.8, 4) is 62.1 Å². The summed E-state index contributed by atoms with van der Waals surface area (Å²) in [6.45, 7) is 4.73. The highest BCUT2D eigenvalue weighted by molar-refractivity contribution is 6.19. The van der Waals surface area contributed by atoms with E-state index in [1.165, 1.54) is 55.4 Å². The second-order valence-corrected chi connectivity index (χ2v) is 15.9. The van der Waals surface area contributed by atoms with Gasteiger partial charge < -0.3 is 8.98 Å². The van der Waals surface area contributed by atoms with E-state index < -0.39 is 0 Å². The molecule has 0 saturated carbocycles. The fraction of sp³-hybridized carbons (Fsp3) is 0.0577. The Labute approximate surface area is 327 Å². The van der Waals surface area contributed by atoms with Crippen LogP contribution in [0, 0.1) is 0 Å². The molecule has 266 valence electrons. The predicted molar refractivity (Wildman–Crippen MR) is 232 cm³/mol. The molecule has 3 aromatic heterocycles. The lowest BCUT2D eigenvalue weighted by Gasteiger charge is -2.22. The topological polar surface area (TPSA) is 56.7 Å². The lowest BCUT2D eigenvalue weighted by Crippen LogP contribution is -2.15. The Morgan fingerprint density at radius 3 is 2.07 bits per heavy atom. The van der Waals surface area contributed by atoms with Crippen molar-refractivity contribution in [1.82, 2.24) is 19.5 Å². The number of hydrogen-bond donors (Lipinski definition) is 0. The third-order valence-corrected chi connectivity index (χ3v) is 12.6. The predicted octanol–water partition coefficient (Wildman–Crippen LogP) is 13.3. The first kappa shape index (κ1) is 30.9. The Hall–Kier alpha value is -7.37. The molecule has 0 amide bonds. The second kappa shape index (κ2) is 10.9. The van der Waals surface area contributed by atoms with E-state index in [9.17, 15) is 0 Å². The minimum absolute atomic E-state index is 0.115. The highest BCUT2D eigenvalue weighted by atomic mass is 16.3. The van der Waals surface area contributed by atoms with Crippen LogP contribution >= 0.6 is 0 Å². The molecule has 2 aliphatic rings. The Morgan fingerprint density at radius 1 is 0.474 bits per heavy atom. The summed E-state index contributed by atoms with van der Waals surface area (Å²) in [5, 5.41) is 6.66. The molecule has 0 fully saturated rings. The van der Waals surface area contributed by atoms with Gasteiger partial charge in [0, 0.05) is 54.8 Å². The third kappa shape index (κ3) is 4.05. The molecular weight excluding hydrogens is 697 g/mol. The molecule has 8 aromatic carbocycles. The number of rotatable bonds is 3. The van der Waals surface area contributed by atoms with E-state index in [1.54, 1.807) is 0 Å². The van der Waals surface area contributed by atoms with Gasteiger partial charge in [-0.1, -0.05) is 135 Å². The van der Waals surface area contributed by atoms with E-state index in [2.05, 4.69) is 146 Å². The van der Waals surface area contributed by atoms with Crippen LogP contribution in [0.3, 0.4) is 0 Å². The molecule has 11 aromatic rings. The summed E-state index contributed by atoms with van der Waals surface area (Å²) in [6.07, 6.45) is 0. The number of fused-ring (bicyclic) bond motifs is 10. The molecule has 0 saturated heterocycles. The van der Waals surface area contributed by atoms with E-state index in [0.29, 0.717) is 17.5 Å². The molecule has 5 nitrogen and oxygen atoms in total. The highest BCUT2D eigenvalue weighted by Gasteiger charge is 2.40. The number of nitrogens with zero attached hydrogens (tertiary/aromatic N) is 4. The molecule has 0 unspecified atom stereocenters. The molecule has 1 aliphatic carbocycles. The summed E-state index contributed by atoms with van der Waals surface area (Å²) in [7, 11) is 0. The summed E-state index contributed by atoms with van der Waals surface area (Å²) >= 11 is 0. The normalized spacial score (nSPS) is 13.6. The fourth-order valence-electron chi connectivity index (χ4n) is 10.0. The van der Waals surface area contributed by atoms with Crippen molar-refractivity contribution >= 4 is 54.5 Å². The van der Waals surface area contributed by atoms with Crippen LogP contribution in [-0.4, -0.2) is 19.5 Å². The van der Waals surface area contributed by atoms with E-state index >= 15 is 0 Å². The van der Waals surface area contributed by atoms with Gasteiger partial charge in [0.05, 0.1) is 16.7 Å². The first-order valence-electron chi connectivity index (χ1n) is 19.5. The van der Waals surface area contributed by atoms with Crippen LogP contribution in [0.4, 0.5) is 0 Å². The smallest absolute Gasteiger partial charge is 0.164 e. The zero-order valence-electron chi connectivity index (χ0n) is 31.2. The van der Waals surface area contributed by atoms with Gasteiger partial charge >= 0.3 is 0 Å². The third-order valence-electron chi connectivity index (χ3n) is 12.6. The minimum atomic E-state index is -0.115. The number of aromatic nitrogens is 4. The van der Waals surface area contributed by atoms with Gasteiger partial charge in [-0.3, -0.25) is 0 Å². The second-order valence-electron chi connectivity index (χ2n) is 15.9. The number of furan rings is 1. The Bertz CT molecular complexity index is 3560. The van der Waals surface area contributed by atoms with Gasteiger partial charge in [0.25, 0.3) is 0 Å². The largest absolute Gasteiger partial charge is 0.456 e. The maximum atomic E-state index is 6.33. The zero-order chi connectivity index (χ0) is 37.6. The van der Waals surface area contributed by atoms with Gasteiger partial charge in [-0.15, -0.1) is 0 Å². The first-order valence-corrected chi connectivity index (χ1v) is 19.5. The van der Waals surface area contributed by atoms with Crippen LogP contribution in [0.5, 0.6) is 0 Å². The number of hydrogen-bond acceptors (Lipinski definition) is 4. The summed E-state index contributed by atoms with van der Waals surface area (Å²) in [5.41, 5.74) is 16.0. The van der Waals surface area contributed by atoms with Crippen LogP contribution in [0.2, 0.25) is 0 Å². The molecule has 0 spiro atoms. The van der Waals surface area contributed by atoms with E-state index in [-0.39, 0.29) is 5.41 Å². The highest BCUT2D eigenvalue weighted by Crippen LogP contribution is 2.58. The molecule has 57 heavy (non-hydrogen) atoms. The van der Waals surface area contributed by atoms with Gasteiger partial charge in [-0.2, -0.15) is 0 Å². The maximum absolute atomic E-state index is 6.33. The lowest BCUT2D eigenvalue weighted by atomic mass is 9.81. The molecule has 4 heterocycles. The quantitative estimate of drug-likeness (QED) is 0.182. The summed E-state index contributed by atoms with van der Waals surface area (Å²) in [4.78, 5) is 15.9. The lowest BCUT2D eigenvalue weighted by molar-refractivity contribution is 0.661. The van der Waals surface area contributed by atoms with Gasteiger partial charge in [0.15, 0.2) is 17.5 Å². The standard InChI is InChI=1S/C52H32N4O/c1-52(2)39-20-10-17-33-32-15-5-7-21-41(32)56-42-27-24-30(28-38(42)34-25-26-40(52)47(46(33)39)48(34)56)49-53-50(35-18-9-13-29-12-3-4-14-31(29)35)55-51(54-49)37-19-11-23-44-45(37)36-16-6-8-22-43(36)57-44/h3-28H,1-2H3. The van der Waals surface area contributed by atoms with Crippen molar-refractivity contribution in [1.29, 1.82) is 0 Å². The van der Waals surface area contributed by atoms with Crippen LogP contribution in [0.25, 0.3) is 117 Å². The summed E-state index contributed by atoms with van der Waals surface area (Å²) in [5.74, 6) is 1.86. The minimum Gasteiger partial charge on any atom is -0.456 e. The fourth-order valence-corrected chi connectivity index (χ4v) is 10.0. The van der Waals surface area contributed by atoms with Crippen molar-refractivity contribution in [2.45, 2.75) is 19.3 Å². The van der Waals surface area contributed by atoms with Crippen molar-refractivity contribution in [2.75, 3.05) is 0 Å². The molecule has 13 rings (SSSR count). The monoisotopic (exact) mass is 728 g/mol. The van der Waals surface area contributed by atoms with Crippen molar-refractivity contribution in [3.05, 3.63) is 169 Å². The Balaban J connectivity index is 1.11. The first-order chi connectivity index (χ1) is 28.0. The molecule has 5 heteroatoms. The van der Waals surface area contributed by atoms with Crippen molar-refractivity contribution < 1.29 is 4.42 Å². The Kier molecular flexibility index (Phi) is 5.91. The van der Waals surface area contributed by atoms with E-state index in [4.69, 9.17) is 19.4 Å². The molecule has 0 bridgehead atoms. The SMILES string of the molecule is CC1(C)c2cccc3c2-c2c1ccc1c4cc(-c5nc(-c6cccc7ccccc67)nc(-c6cccc7oc8ccccc8c67)n5)ccc4n(c21)-c1ccccc1-3. The van der Waals surface area contributed by atoms with Crippen LogP contribution < -0.4 is 0 Å². The van der Waals surface area contributed by atoms with Crippen LogP contribution in [0.15, 0.2) is 162 Å². The van der Waals surface area contributed by atoms with Crippen molar-refractivity contribution in [2.24, 2.45) is 0 Å².